The highest BCUT2D eigenvalue weighted by atomic mass is 35.5. The van der Waals surface area contributed by atoms with Crippen molar-refractivity contribution in [1.82, 2.24) is 0 Å². The van der Waals surface area contributed by atoms with Crippen molar-refractivity contribution < 1.29 is 24.0 Å². The average Bonchev–Trinajstić information content (AvgIpc) is 2.60. The first-order valence-electron chi connectivity index (χ1n) is 7.15. The molecule has 2 aromatic rings. The lowest BCUT2D eigenvalue weighted by molar-refractivity contribution is -0.385. The van der Waals surface area contributed by atoms with Crippen molar-refractivity contribution >= 4 is 23.2 Å². The van der Waals surface area contributed by atoms with Crippen molar-refractivity contribution in [2.45, 2.75) is 13.8 Å². The quantitative estimate of drug-likeness (QED) is 0.272. The first kappa shape index (κ1) is 18.5. The van der Waals surface area contributed by atoms with Gasteiger partial charge in [0.2, 0.25) is 0 Å². The van der Waals surface area contributed by atoms with Crippen molar-refractivity contribution in [1.29, 1.82) is 0 Å². The number of rotatable bonds is 5. The monoisotopic (exact) mass is 368 g/mol. The first-order chi connectivity index (χ1) is 11.9. The number of hydrogen-bond acceptors (Lipinski definition) is 6. The molecule has 0 saturated heterocycles. The Labute approximate surface area is 147 Å². The van der Waals surface area contributed by atoms with Crippen molar-refractivity contribution in [3.8, 4) is 11.5 Å². The molecule has 0 atom stereocenters. The van der Waals surface area contributed by atoms with Gasteiger partial charge in [0.05, 0.1) is 11.5 Å². The van der Waals surface area contributed by atoms with Gasteiger partial charge in [-0.1, -0.05) is 11.6 Å². The Morgan fingerprint density at radius 3 is 2.72 bits per heavy atom. The summed E-state index contributed by atoms with van der Waals surface area (Å²) in [6.07, 6.45) is 0. The van der Waals surface area contributed by atoms with Crippen LogP contribution in [0.3, 0.4) is 0 Å². The van der Waals surface area contributed by atoms with Gasteiger partial charge >= 0.3 is 0 Å². The van der Waals surface area contributed by atoms with Crippen molar-refractivity contribution in [3.63, 3.8) is 0 Å². The zero-order valence-electron chi connectivity index (χ0n) is 13.3. The van der Waals surface area contributed by atoms with Gasteiger partial charge in [-0.15, -0.1) is 0 Å². The smallest absolute Gasteiger partial charge is 0.282 e. The minimum absolute atomic E-state index is 0.0967. The van der Waals surface area contributed by atoms with E-state index in [2.05, 4.69) is 5.16 Å². The van der Waals surface area contributed by atoms with E-state index in [-0.39, 0.29) is 45.8 Å². The average molecular weight is 369 g/mol. The van der Waals surface area contributed by atoms with Crippen LogP contribution in [0.5, 0.6) is 11.5 Å². The van der Waals surface area contributed by atoms with Crippen LogP contribution in [0, 0.1) is 22.9 Å². The number of oxime groups is 1. The highest BCUT2D eigenvalue weighted by molar-refractivity contribution is 6.31. The van der Waals surface area contributed by atoms with Crippen LogP contribution in [0.1, 0.15) is 18.1 Å². The fourth-order valence-electron chi connectivity index (χ4n) is 2.05. The van der Waals surface area contributed by atoms with Crippen LogP contribution in [0.25, 0.3) is 0 Å². The lowest BCUT2D eigenvalue weighted by atomic mass is 10.1. The fraction of sp³-hybridized carbons (Fsp3) is 0.188. The molecule has 0 saturated carbocycles. The van der Waals surface area contributed by atoms with Gasteiger partial charge < -0.3 is 14.7 Å². The number of halogens is 2. The minimum atomic E-state index is -0.656. The van der Waals surface area contributed by atoms with Crippen LogP contribution in [0.15, 0.2) is 35.5 Å². The summed E-state index contributed by atoms with van der Waals surface area (Å²) in [7, 11) is 0. The Bertz CT molecular complexity index is 842. The summed E-state index contributed by atoms with van der Waals surface area (Å²) in [5.74, 6) is -0.983. The topological polar surface area (TPSA) is 94.2 Å². The van der Waals surface area contributed by atoms with Crippen molar-refractivity contribution in [2.75, 3.05) is 6.61 Å². The zero-order chi connectivity index (χ0) is 18.6. The molecule has 9 heteroatoms. The second-order valence-corrected chi connectivity index (χ2v) is 5.27. The van der Waals surface area contributed by atoms with E-state index in [1.807, 2.05) is 0 Å². The van der Waals surface area contributed by atoms with Gasteiger partial charge in [-0.2, -0.15) is 0 Å². The molecule has 25 heavy (non-hydrogen) atoms. The summed E-state index contributed by atoms with van der Waals surface area (Å²) < 4.78 is 24.7. The van der Waals surface area contributed by atoms with E-state index in [4.69, 9.17) is 26.3 Å². The summed E-state index contributed by atoms with van der Waals surface area (Å²) >= 11 is 5.83. The summed E-state index contributed by atoms with van der Waals surface area (Å²) in [5, 5.41) is 23.4. The van der Waals surface area contributed by atoms with Crippen LogP contribution in [0.4, 0.5) is 10.1 Å². The van der Waals surface area contributed by atoms with Gasteiger partial charge in [0, 0.05) is 22.7 Å². The molecular weight excluding hydrogens is 355 g/mol. The van der Waals surface area contributed by atoms with Gasteiger partial charge in [0.25, 0.3) is 11.6 Å². The van der Waals surface area contributed by atoms with Crippen LogP contribution < -0.4 is 4.74 Å². The molecule has 0 aliphatic rings. The molecule has 2 rings (SSSR count). The third-order valence-electron chi connectivity index (χ3n) is 3.28. The molecule has 0 aromatic heterocycles. The van der Waals surface area contributed by atoms with E-state index < -0.39 is 10.7 Å². The first-order valence-corrected chi connectivity index (χ1v) is 7.53. The molecule has 0 aliphatic carbocycles. The second kappa shape index (κ2) is 7.80. The molecular formula is C16H14ClFN2O5. The van der Waals surface area contributed by atoms with E-state index >= 15 is 0 Å². The van der Waals surface area contributed by atoms with Gasteiger partial charge in [-0.25, -0.2) is 4.39 Å². The Morgan fingerprint density at radius 1 is 1.40 bits per heavy atom. The lowest BCUT2D eigenvalue weighted by Crippen LogP contribution is -2.10. The van der Waals surface area contributed by atoms with Crippen molar-refractivity contribution in [2.24, 2.45) is 5.16 Å². The molecule has 1 N–H and O–H groups in total. The Morgan fingerprint density at radius 2 is 2.12 bits per heavy atom. The van der Waals surface area contributed by atoms with Crippen molar-refractivity contribution in [3.05, 3.63) is 62.4 Å². The summed E-state index contributed by atoms with van der Waals surface area (Å²) in [6.45, 7) is 3.26. The largest absolute Gasteiger partial charge is 0.475 e. The molecule has 0 heterocycles. The lowest BCUT2D eigenvalue weighted by Gasteiger charge is -2.11. The number of hydrogen-bond donors (Lipinski definition) is 1. The predicted octanol–water partition coefficient (Wildman–Crippen LogP) is 4.66. The molecule has 0 unspecified atom stereocenters. The number of nitro benzene ring substituents is 1. The maximum atomic E-state index is 14.2. The highest BCUT2D eigenvalue weighted by Crippen LogP contribution is 2.32. The standard InChI is InChI=1S/C16H14ClFN2O5/c1-3-24-16(19-21)11-8-10(4-6-13(11)20(22)23)25-14-7-5-12(17)9(2)15(14)18/h4-8,21H,3H2,1-2H3/b19-16-. The zero-order valence-corrected chi connectivity index (χ0v) is 14.1. The van der Waals surface area contributed by atoms with E-state index in [0.717, 1.165) is 6.07 Å². The van der Waals surface area contributed by atoms with E-state index in [1.54, 1.807) is 6.92 Å². The molecule has 0 spiro atoms. The van der Waals surface area contributed by atoms with Gasteiger partial charge in [-0.05, 0) is 37.2 Å². The summed E-state index contributed by atoms with van der Waals surface area (Å²) in [4.78, 5) is 10.5. The normalized spacial score (nSPS) is 11.3. The maximum Gasteiger partial charge on any atom is 0.282 e. The Hall–Kier alpha value is -2.87. The third kappa shape index (κ3) is 3.97. The van der Waals surface area contributed by atoms with E-state index in [1.165, 1.54) is 31.2 Å². The predicted molar refractivity (Wildman–Crippen MR) is 89.3 cm³/mol. The third-order valence-corrected chi connectivity index (χ3v) is 3.69. The maximum absolute atomic E-state index is 14.2. The van der Waals surface area contributed by atoms with Crippen LogP contribution >= 0.6 is 11.6 Å². The number of ether oxygens (including phenoxy) is 2. The van der Waals surface area contributed by atoms with Crippen LogP contribution in [0.2, 0.25) is 5.02 Å². The van der Waals surface area contributed by atoms with Gasteiger partial charge in [-0.3, -0.25) is 10.1 Å². The number of nitrogens with zero attached hydrogens (tertiary/aromatic N) is 2. The second-order valence-electron chi connectivity index (χ2n) is 4.86. The van der Waals surface area contributed by atoms with Gasteiger partial charge in [0.15, 0.2) is 11.6 Å². The molecule has 0 amide bonds. The molecule has 0 radical (unpaired) electrons. The molecule has 0 fully saturated rings. The summed E-state index contributed by atoms with van der Waals surface area (Å²) in [5.41, 5.74) is -0.229. The van der Waals surface area contributed by atoms with E-state index in [0.29, 0.717) is 0 Å². The Balaban J connectivity index is 2.47. The number of benzene rings is 2. The summed E-state index contributed by atoms with van der Waals surface area (Å²) in [6, 6.07) is 6.49. The van der Waals surface area contributed by atoms with E-state index in [9.17, 15) is 14.5 Å². The number of nitro groups is 1. The molecule has 2 aromatic carbocycles. The Kier molecular flexibility index (Phi) is 5.76. The van der Waals surface area contributed by atoms with Gasteiger partial charge in [0.1, 0.15) is 11.3 Å². The van der Waals surface area contributed by atoms with Crippen LogP contribution in [-0.2, 0) is 4.74 Å². The van der Waals surface area contributed by atoms with Crippen LogP contribution in [-0.4, -0.2) is 22.6 Å². The fourth-order valence-corrected chi connectivity index (χ4v) is 2.19. The SMILES string of the molecule is CCO/C(=N\O)c1cc(Oc2ccc(Cl)c(C)c2F)ccc1[N+](=O)[O-]. The minimum Gasteiger partial charge on any atom is -0.475 e. The molecule has 132 valence electrons. The molecule has 0 aliphatic heterocycles. The highest BCUT2D eigenvalue weighted by Gasteiger charge is 2.22. The molecule has 7 nitrogen and oxygen atoms in total. The molecule has 0 bridgehead atoms.